The van der Waals surface area contributed by atoms with E-state index in [1.807, 2.05) is 45.3 Å². The van der Waals surface area contributed by atoms with Crippen LogP contribution in [-0.2, 0) is 50.2 Å². The fraction of sp³-hybridized carbons (Fsp3) is 0.475. The number of benzene rings is 3. The maximum Gasteiger partial charge on any atom is 0.348 e. The molecule has 584 valence electrons. The van der Waals surface area contributed by atoms with E-state index in [0.717, 1.165) is 99.6 Å². The van der Waals surface area contributed by atoms with Crippen molar-refractivity contribution < 1.29 is 19.1 Å². The first-order chi connectivity index (χ1) is 54.5. The average molecular weight is 1590 g/mol. The maximum absolute atomic E-state index is 13.4. The van der Waals surface area contributed by atoms with Crippen molar-refractivity contribution in [2.24, 2.45) is 5.92 Å². The van der Waals surface area contributed by atoms with Gasteiger partial charge in [-0.1, -0.05) is 256 Å². The summed E-state index contributed by atoms with van der Waals surface area (Å²) in [5.74, 6) is -0.190. The van der Waals surface area contributed by atoms with Crippen LogP contribution in [0.2, 0.25) is 0 Å². The molecule has 0 aliphatic heterocycles. The van der Waals surface area contributed by atoms with E-state index in [9.17, 15) is 14.9 Å². The van der Waals surface area contributed by atoms with Crippen LogP contribution < -0.4 is 0 Å². The van der Waals surface area contributed by atoms with E-state index in [2.05, 4.69) is 174 Å². The number of esters is 2. The topological polar surface area (TPSA) is 80.8 Å². The molecule has 6 nitrogen and oxygen atoms in total. The number of thiophene rings is 6. The lowest BCUT2D eigenvalue weighted by molar-refractivity contribution is -0.139. The third kappa shape index (κ3) is 20.6. The van der Waals surface area contributed by atoms with Gasteiger partial charge >= 0.3 is 11.9 Å². The van der Waals surface area contributed by atoms with Crippen LogP contribution in [-0.4, -0.2) is 25.2 Å². The SMILES string of the molecule is [C-]#[N+]/C(=C/c1cc(CCCCCC)c(-c2ccc(-c3sc(-c4ccc5c(c4)[C@@]4(c6cc(-c7cc(CCCCCC)c(-c8ccc(-c9sc(/C=C(/C#N)C(=O)OCCCCCCCC)cc9CCCCCC)s8)s7)ccc6C=C5)c5ccccc5[C@H]5CCCCC54)cc3CCCCCC)s2)s1)C(=O)OCCCCCCCC. The Hall–Kier alpha value is -7.00. The highest BCUT2D eigenvalue weighted by molar-refractivity contribution is 7.28. The molecule has 9 aromatic rings. The minimum absolute atomic E-state index is 0.0530. The molecule has 0 bridgehead atoms. The second-order valence-electron chi connectivity index (χ2n) is 31.5. The zero-order chi connectivity index (χ0) is 77.3. The van der Waals surface area contributed by atoms with E-state index in [-0.39, 0.29) is 11.3 Å². The van der Waals surface area contributed by atoms with Crippen LogP contribution in [0.1, 0.15) is 318 Å². The number of carbonyl (C=O) groups excluding carboxylic acids is 2. The largest absolute Gasteiger partial charge is 0.471 e. The number of carbonyl (C=O) groups is 2. The summed E-state index contributed by atoms with van der Waals surface area (Å²) in [7, 11) is 0. The molecule has 3 aliphatic rings. The van der Waals surface area contributed by atoms with Gasteiger partial charge in [0.1, 0.15) is 11.6 Å². The molecule has 12 rings (SSSR count). The van der Waals surface area contributed by atoms with Crippen molar-refractivity contribution in [3.8, 4) is 66.0 Å². The van der Waals surface area contributed by atoms with Gasteiger partial charge < -0.3 is 9.47 Å². The Kier molecular flexibility index (Phi) is 31.9. The van der Waals surface area contributed by atoms with Gasteiger partial charge in [0.15, 0.2) is 0 Å². The van der Waals surface area contributed by atoms with Gasteiger partial charge in [-0.05, 0) is 228 Å². The first-order valence-corrected chi connectivity index (χ1v) is 47.8. The van der Waals surface area contributed by atoms with Gasteiger partial charge in [-0.2, -0.15) is 5.26 Å². The maximum atomic E-state index is 13.4. The van der Waals surface area contributed by atoms with Crippen molar-refractivity contribution >= 4 is 104 Å². The van der Waals surface area contributed by atoms with E-state index >= 15 is 0 Å². The van der Waals surface area contributed by atoms with Gasteiger partial charge in [0, 0.05) is 63.9 Å². The summed E-state index contributed by atoms with van der Waals surface area (Å²) in [5.41, 5.74) is 16.3. The monoisotopic (exact) mass is 1590 g/mol. The van der Waals surface area contributed by atoms with Crippen LogP contribution in [0, 0.1) is 23.8 Å². The minimum atomic E-state index is -0.525. The third-order valence-electron chi connectivity index (χ3n) is 23.4. The van der Waals surface area contributed by atoms with Crippen molar-refractivity contribution in [1.82, 2.24) is 0 Å². The van der Waals surface area contributed by atoms with Gasteiger partial charge in [-0.3, -0.25) is 4.79 Å². The van der Waals surface area contributed by atoms with Gasteiger partial charge in [0.25, 0.3) is 5.70 Å². The first kappa shape index (κ1) is 83.4. The predicted octanol–water partition coefficient (Wildman–Crippen LogP) is 31.6. The van der Waals surface area contributed by atoms with Crippen LogP contribution in [0.25, 0.3) is 89.0 Å². The molecule has 12 heteroatoms. The number of rotatable bonds is 44. The molecule has 0 radical (unpaired) electrons. The quantitative estimate of drug-likeness (QED) is 0.0125. The molecule has 1 unspecified atom stereocenters. The lowest BCUT2D eigenvalue weighted by Crippen LogP contribution is -2.38. The van der Waals surface area contributed by atoms with E-state index in [0.29, 0.717) is 25.0 Å². The molecule has 111 heavy (non-hydrogen) atoms. The zero-order valence-corrected chi connectivity index (χ0v) is 72.1. The van der Waals surface area contributed by atoms with Gasteiger partial charge in [0.2, 0.25) is 0 Å². The third-order valence-corrected chi connectivity index (χ3v) is 30.9. The van der Waals surface area contributed by atoms with Crippen LogP contribution >= 0.6 is 68.0 Å². The van der Waals surface area contributed by atoms with Crippen molar-refractivity contribution in [1.29, 1.82) is 5.26 Å². The summed E-state index contributed by atoms with van der Waals surface area (Å²) in [6.07, 6.45) is 49.4. The molecule has 1 spiro atoms. The average Bonchev–Trinajstić information content (AvgIpc) is 1.53. The highest BCUT2D eigenvalue weighted by Crippen LogP contribution is 2.65. The zero-order valence-electron chi connectivity index (χ0n) is 67.2. The molecule has 0 amide bonds. The van der Waals surface area contributed by atoms with Crippen LogP contribution in [0.5, 0.6) is 0 Å². The van der Waals surface area contributed by atoms with E-state index in [1.165, 1.54) is 257 Å². The Morgan fingerprint density at radius 3 is 1.31 bits per heavy atom. The van der Waals surface area contributed by atoms with Crippen molar-refractivity contribution in [2.45, 2.75) is 284 Å². The number of fused-ring (bicyclic) bond motifs is 9. The summed E-state index contributed by atoms with van der Waals surface area (Å²) in [5, 5.41) is 10.3. The van der Waals surface area contributed by atoms with Gasteiger partial charge in [-0.15, -0.1) is 68.0 Å². The molecule has 6 aromatic heterocycles. The molecule has 3 aromatic carbocycles. The number of aryl methyl sites for hydroxylation is 4. The van der Waals surface area contributed by atoms with E-state index < -0.39 is 17.4 Å². The number of nitrogens with zero attached hydrogens (tertiary/aromatic N) is 2. The lowest BCUT2D eigenvalue weighted by atomic mass is 9.59. The highest BCUT2D eigenvalue weighted by Gasteiger charge is 2.56. The normalized spacial score (nSPS) is 15.8. The molecule has 3 atom stereocenters. The van der Waals surface area contributed by atoms with Gasteiger partial charge in [-0.25, -0.2) is 9.64 Å². The smallest absolute Gasteiger partial charge is 0.348 e. The summed E-state index contributed by atoms with van der Waals surface area (Å²) in [6, 6.07) is 45.9. The van der Waals surface area contributed by atoms with E-state index in [1.54, 1.807) is 34.8 Å². The fourth-order valence-electron chi connectivity index (χ4n) is 17.5. The Bertz CT molecular complexity index is 4470. The lowest BCUT2D eigenvalue weighted by Gasteiger charge is -2.43. The summed E-state index contributed by atoms with van der Waals surface area (Å²) in [6.45, 7) is 22.4. The molecule has 0 N–H and O–H groups in total. The molecule has 1 saturated carbocycles. The van der Waals surface area contributed by atoms with Crippen LogP contribution in [0.3, 0.4) is 0 Å². The Morgan fingerprint density at radius 2 is 0.847 bits per heavy atom. The predicted molar refractivity (Wildman–Crippen MR) is 481 cm³/mol. The molecule has 0 saturated heterocycles. The number of hydrogen-bond donors (Lipinski definition) is 0. The van der Waals surface area contributed by atoms with Gasteiger partial charge in [0.05, 0.1) is 19.8 Å². The second kappa shape index (κ2) is 42.4. The number of hydrogen-bond acceptors (Lipinski definition) is 11. The molecule has 6 heterocycles. The summed E-state index contributed by atoms with van der Waals surface area (Å²) < 4.78 is 11.4. The number of unbranched alkanes of at least 4 members (excludes halogenated alkanes) is 22. The van der Waals surface area contributed by atoms with Crippen LogP contribution in [0.4, 0.5) is 0 Å². The minimum Gasteiger partial charge on any atom is -0.471 e. The number of ether oxygens (including phenoxy) is 2. The Morgan fingerprint density at radius 1 is 0.441 bits per heavy atom. The standard InChI is InChI=1S/C99H118N2O4S6/c1-8-14-20-26-28-38-58-104-97(102)77(68-100)62-78-60-73(40-30-22-16-10-3)93(106-78)87-54-56-89(108-87)95-75(42-32-24-18-12-5)65-91(110-95)71-52-50-69-48-49-70-51-53-72(64-85(70)99(84(69)63-71)82-46-36-34-44-80(82)81-45-35-37-47-83(81)99)92-66-76(43-33-25-19-13-6)96(111-92)90-57-55-88(109-90)94-74(41-31-23-17-11-4)61-79(107-94)67-86(101-7)98(103)105-59-39-29-27-21-15-9-2/h34,36,44,46,48-57,60-67,81,83H,8-33,35,37-43,45,47,58-59H2,1-6H3/b77-62-,86-67+/t81-,83?,99+/m1/s1. The van der Waals surface area contributed by atoms with Crippen molar-refractivity contribution in [3.63, 3.8) is 0 Å². The molecular weight excluding hydrogens is 1470 g/mol. The Balaban J connectivity index is 0.901. The van der Waals surface area contributed by atoms with Crippen molar-refractivity contribution in [2.75, 3.05) is 13.2 Å². The molecule has 3 aliphatic carbocycles. The Labute approximate surface area is 689 Å². The summed E-state index contributed by atoms with van der Waals surface area (Å²) in [4.78, 5) is 45.4. The number of nitriles is 1. The first-order valence-electron chi connectivity index (χ1n) is 42.9. The van der Waals surface area contributed by atoms with Crippen LogP contribution in [0.15, 0.2) is 120 Å². The second-order valence-corrected chi connectivity index (χ2v) is 37.9. The summed E-state index contributed by atoms with van der Waals surface area (Å²) >= 11 is 11.2. The molecule has 1 fully saturated rings. The van der Waals surface area contributed by atoms with Crippen molar-refractivity contribution in [3.05, 3.63) is 197 Å². The van der Waals surface area contributed by atoms with E-state index in [4.69, 9.17) is 16.0 Å². The highest BCUT2D eigenvalue weighted by atomic mass is 32.1. The fourth-order valence-corrected chi connectivity index (χ4v) is 24.8. The molecular formula is C99H118N2O4S6.